The molecule has 1 aromatic carbocycles. The number of fused-ring (bicyclic) bond motifs is 2. The number of carbonyl (C=O) groups excluding carboxylic acids is 2. The highest BCUT2D eigenvalue weighted by Gasteiger charge is 2.42. The van der Waals surface area contributed by atoms with Gasteiger partial charge in [-0.1, -0.05) is 0 Å². The van der Waals surface area contributed by atoms with Crippen LogP contribution >= 0.6 is 0 Å². The van der Waals surface area contributed by atoms with Gasteiger partial charge in [-0.15, -0.1) is 0 Å². The molecule has 3 heterocycles. The van der Waals surface area contributed by atoms with Crippen LogP contribution < -0.4 is 14.4 Å². The molecule has 1 atom stereocenters. The molecule has 0 aromatic heterocycles. The number of carbonyl (C=O) groups is 2. The third-order valence-electron chi connectivity index (χ3n) is 4.09. The molecule has 6 nitrogen and oxygen atoms in total. The Morgan fingerprint density at radius 2 is 2.00 bits per heavy atom. The summed E-state index contributed by atoms with van der Waals surface area (Å²) >= 11 is 0. The van der Waals surface area contributed by atoms with Crippen molar-refractivity contribution in [3.63, 3.8) is 0 Å². The van der Waals surface area contributed by atoms with Gasteiger partial charge in [0, 0.05) is 18.3 Å². The first-order valence-electron chi connectivity index (χ1n) is 6.74. The molecule has 2 fully saturated rings. The minimum Gasteiger partial charge on any atom is -0.454 e. The van der Waals surface area contributed by atoms with E-state index in [-0.39, 0.29) is 31.2 Å². The van der Waals surface area contributed by atoms with Crippen molar-refractivity contribution < 1.29 is 19.1 Å². The van der Waals surface area contributed by atoms with Gasteiger partial charge in [0.2, 0.25) is 18.6 Å². The molecule has 0 spiro atoms. The van der Waals surface area contributed by atoms with Crippen LogP contribution in [0.2, 0.25) is 0 Å². The molecular formula is C14H14N2O4. The lowest BCUT2D eigenvalue weighted by Crippen LogP contribution is -2.57. The van der Waals surface area contributed by atoms with E-state index in [0.717, 1.165) is 12.8 Å². The van der Waals surface area contributed by atoms with Crippen LogP contribution in [0.5, 0.6) is 11.5 Å². The van der Waals surface area contributed by atoms with E-state index in [4.69, 9.17) is 9.47 Å². The quantitative estimate of drug-likeness (QED) is 0.758. The highest BCUT2D eigenvalue weighted by Crippen LogP contribution is 2.37. The van der Waals surface area contributed by atoms with Gasteiger partial charge in [0.25, 0.3) is 0 Å². The molecule has 1 unspecified atom stereocenters. The number of piperazine rings is 1. The molecule has 0 radical (unpaired) electrons. The third kappa shape index (κ3) is 1.57. The molecule has 0 N–H and O–H groups in total. The number of ether oxygens (including phenoxy) is 2. The zero-order valence-corrected chi connectivity index (χ0v) is 10.9. The van der Waals surface area contributed by atoms with Crippen molar-refractivity contribution in [2.24, 2.45) is 0 Å². The van der Waals surface area contributed by atoms with Crippen molar-refractivity contribution in [2.45, 2.75) is 18.9 Å². The molecular weight excluding hydrogens is 260 g/mol. The van der Waals surface area contributed by atoms with Gasteiger partial charge in [-0.25, -0.2) is 0 Å². The van der Waals surface area contributed by atoms with Crippen LogP contribution in [0.25, 0.3) is 0 Å². The average Bonchev–Trinajstić information content (AvgIpc) is 3.10. The highest BCUT2D eigenvalue weighted by molar-refractivity contribution is 6.07. The topological polar surface area (TPSA) is 59.1 Å². The maximum atomic E-state index is 12.5. The number of hydrogen-bond donors (Lipinski definition) is 0. The van der Waals surface area contributed by atoms with Crippen LogP contribution in [-0.4, -0.2) is 42.6 Å². The predicted molar refractivity (Wildman–Crippen MR) is 69.7 cm³/mol. The van der Waals surface area contributed by atoms with Crippen LogP contribution in [0, 0.1) is 0 Å². The molecule has 4 rings (SSSR count). The largest absolute Gasteiger partial charge is 0.454 e. The summed E-state index contributed by atoms with van der Waals surface area (Å²) < 4.78 is 10.6. The first-order valence-corrected chi connectivity index (χ1v) is 6.74. The molecule has 2 amide bonds. The minimum absolute atomic E-state index is 0.000894. The Labute approximate surface area is 115 Å². The fourth-order valence-corrected chi connectivity index (χ4v) is 3.08. The molecule has 6 heteroatoms. The van der Waals surface area contributed by atoms with Crippen molar-refractivity contribution in [3.05, 3.63) is 18.2 Å². The van der Waals surface area contributed by atoms with E-state index in [1.54, 1.807) is 28.0 Å². The van der Waals surface area contributed by atoms with Crippen molar-refractivity contribution >= 4 is 17.5 Å². The fraction of sp³-hybridized carbons (Fsp3) is 0.429. The SMILES string of the molecule is O=C1C2CCCN2C(=O)CN1c1ccc2c(c1)OCO2. The summed E-state index contributed by atoms with van der Waals surface area (Å²) in [5, 5.41) is 0. The van der Waals surface area contributed by atoms with Crippen molar-refractivity contribution in [1.82, 2.24) is 4.90 Å². The Hall–Kier alpha value is -2.24. The lowest BCUT2D eigenvalue weighted by molar-refractivity contribution is -0.140. The maximum absolute atomic E-state index is 12.5. The lowest BCUT2D eigenvalue weighted by Gasteiger charge is -2.36. The number of rotatable bonds is 1. The fourth-order valence-electron chi connectivity index (χ4n) is 3.08. The molecule has 0 aliphatic carbocycles. The Bertz CT molecular complexity index is 601. The zero-order valence-electron chi connectivity index (χ0n) is 10.9. The van der Waals surface area contributed by atoms with Crippen molar-refractivity contribution in [1.29, 1.82) is 0 Å². The predicted octanol–water partition coefficient (Wildman–Crippen LogP) is 0.753. The first-order chi connectivity index (χ1) is 9.74. The molecule has 2 saturated heterocycles. The van der Waals surface area contributed by atoms with Gasteiger partial charge in [0.15, 0.2) is 11.5 Å². The second kappa shape index (κ2) is 4.13. The first kappa shape index (κ1) is 11.6. The Kier molecular flexibility index (Phi) is 2.39. The van der Waals surface area contributed by atoms with Gasteiger partial charge in [0.05, 0.1) is 0 Å². The molecule has 0 bridgehead atoms. The summed E-state index contributed by atoms with van der Waals surface area (Å²) in [5.41, 5.74) is 0.694. The molecule has 0 saturated carbocycles. The van der Waals surface area contributed by atoms with E-state index in [1.165, 1.54) is 0 Å². The van der Waals surface area contributed by atoms with E-state index in [9.17, 15) is 9.59 Å². The Balaban J connectivity index is 1.68. The summed E-state index contributed by atoms with van der Waals surface area (Å²) in [6.07, 6.45) is 1.66. The summed E-state index contributed by atoms with van der Waals surface area (Å²) in [6.45, 7) is 1.00. The summed E-state index contributed by atoms with van der Waals surface area (Å²) in [7, 11) is 0. The summed E-state index contributed by atoms with van der Waals surface area (Å²) in [5.74, 6) is 1.31. The van der Waals surface area contributed by atoms with Crippen LogP contribution in [-0.2, 0) is 9.59 Å². The third-order valence-corrected chi connectivity index (χ3v) is 4.09. The smallest absolute Gasteiger partial charge is 0.250 e. The van der Waals surface area contributed by atoms with E-state index >= 15 is 0 Å². The average molecular weight is 274 g/mol. The minimum atomic E-state index is -0.290. The monoisotopic (exact) mass is 274 g/mol. The molecule has 20 heavy (non-hydrogen) atoms. The molecule has 104 valence electrons. The van der Waals surface area contributed by atoms with Crippen molar-refractivity contribution in [3.8, 4) is 11.5 Å². The second-order valence-corrected chi connectivity index (χ2v) is 5.21. The van der Waals surface area contributed by atoms with E-state index in [2.05, 4.69) is 0 Å². The van der Waals surface area contributed by atoms with E-state index in [0.29, 0.717) is 23.7 Å². The van der Waals surface area contributed by atoms with Gasteiger partial charge >= 0.3 is 0 Å². The van der Waals surface area contributed by atoms with Gasteiger partial charge in [-0.3, -0.25) is 9.59 Å². The van der Waals surface area contributed by atoms with Gasteiger partial charge in [-0.05, 0) is 25.0 Å². The van der Waals surface area contributed by atoms with Crippen molar-refractivity contribution in [2.75, 3.05) is 24.8 Å². The number of amides is 2. The van der Waals surface area contributed by atoms with Gasteiger partial charge in [0.1, 0.15) is 12.6 Å². The number of hydrogen-bond acceptors (Lipinski definition) is 4. The molecule has 1 aromatic rings. The maximum Gasteiger partial charge on any atom is 0.250 e. The number of nitrogens with zero attached hydrogens (tertiary/aromatic N) is 2. The van der Waals surface area contributed by atoms with Crippen LogP contribution in [0.4, 0.5) is 5.69 Å². The van der Waals surface area contributed by atoms with E-state index < -0.39 is 0 Å². The standard InChI is InChI=1S/C14H14N2O4/c17-13-7-16(14(18)10-2-1-5-15(10)13)9-3-4-11-12(6-9)20-8-19-11/h3-4,6,10H,1-2,5,7-8H2. The van der Waals surface area contributed by atoms with Crippen LogP contribution in [0.15, 0.2) is 18.2 Å². The van der Waals surface area contributed by atoms with E-state index in [1.807, 2.05) is 0 Å². The lowest BCUT2D eigenvalue weighted by atomic mass is 10.1. The summed E-state index contributed by atoms with van der Waals surface area (Å²) in [6, 6.07) is 5.04. The van der Waals surface area contributed by atoms with Crippen LogP contribution in [0.3, 0.4) is 0 Å². The second-order valence-electron chi connectivity index (χ2n) is 5.21. The molecule has 3 aliphatic heterocycles. The Morgan fingerprint density at radius 3 is 2.90 bits per heavy atom. The number of anilines is 1. The normalized spacial score (nSPS) is 24.3. The van der Waals surface area contributed by atoms with Gasteiger partial charge < -0.3 is 19.3 Å². The summed E-state index contributed by atoms with van der Waals surface area (Å²) in [4.78, 5) is 27.9. The van der Waals surface area contributed by atoms with Gasteiger partial charge in [-0.2, -0.15) is 0 Å². The zero-order chi connectivity index (χ0) is 13.7. The highest BCUT2D eigenvalue weighted by atomic mass is 16.7. The van der Waals surface area contributed by atoms with Crippen LogP contribution in [0.1, 0.15) is 12.8 Å². The molecule has 3 aliphatic rings. The Morgan fingerprint density at radius 1 is 1.15 bits per heavy atom. The number of benzene rings is 1.